The molecular weight excluding hydrogens is 348 g/mol. The van der Waals surface area contributed by atoms with Gasteiger partial charge in [0, 0.05) is 6.42 Å². The van der Waals surface area contributed by atoms with Crippen molar-refractivity contribution in [2.45, 2.75) is 6.42 Å². The van der Waals surface area contributed by atoms with Crippen LogP contribution in [0.2, 0.25) is 0 Å². The van der Waals surface area contributed by atoms with E-state index in [0.29, 0.717) is 24.5 Å². The number of methoxy groups -OCH3 is 2. The number of esters is 1. The molecule has 0 spiro atoms. The van der Waals surface area contributed by atoms with E-state index in [1.807, 2.05) is 30.3 Å². The van der Waals surface area contributed by atoms with E-state index < -0.39 is 12.6 Å². The minimum Gasteiger partial charge on any atom is -0.496 e. The van der Waals surface area contributed by atoms with Crippen molar-refractivity contribution >= 4 is 17.6 Å². The fraction of sp³-hybridized carbons (Fsp3) is 0.250. The van der Waals surface area contributed by atoms with Crippen LogP contribution >= 0.6 is 0 Å². The first-order valence-corrected chi connectivity index (χ1v) is 8.45. The van der Waals surface area contributed by atoms with E-state index in [4.69, 9.17) is 14.2 Å². The molecule has 1 aliphatic rings. The predicted molar refractivity (Wildman–Crippen MR) is 99.1 cm³/mol. The third-order valence-corrected chi connectivity index (χ3v) is 4.16. The van der Waals surface area contributed by atoms with Crippen LogP contribution in [0, 0.1) is 0 Å². The van der Waals surface area contributed by atoms with Crippen molar-refractivity contribution in [2.24, 2.45) is 5.10 Å². The number of hydrazone groups is 1. The van der Waals surface area contributed by atoms with Crippen LogP contribution in [-0.2, 0) is 9.53 Å². The van der Waals surface area contributed by atoms with Crippen LogP contribution in [0.3, 0.4) is 0 Å². The van der Waals surface area contributed by atoms with Gasteiger partial charge in [-0.25, -0.2) is 9.80 Å². The molecule has 3 rings (SSSR count). The summed E-state index contributed by atoms with van der Waals surface area (Å²) in [4.78, 5) is 24.8. The average molecular weight is 368 g/mol. The number of hydrogen-bond donors (Lipinski definition) is 0. The molecule has 0 aliphatic carbocycles. The maximum absolute atomic E-state index is 12.4. The van der Waals surface area contributed by atoms with Gasteiger partial charge >= 0.3 is 5.97 Å². The standard InChI is InChI=1S/C20H20N2O5/c1-25-16-9-6-10-17(26-2)19(16)20(24)27-13-18(23)22-12-11-15(21-22)14-7-4-3-5-8-14/h3-10H,11-13H2,1-2H3. The van der Waals surface area contributed by atoms with Crippen LogP contribution in [-0.4, -0.2) is 50.0 Å². The summed E-state index contributed by atoms with van der Waals surface area (Å²) in [7, 11) is 2.89. The Morgan fingerprint density at radius 2 is 1.67 bits per heavy atom. The second-order valence-electron chi connectivity index (χ2n) is 5.79. The molecule has 2 aromatic rings. The lowest BCUT2D eigenvalue weighted by atomic mass is 10.1. The molecule has 7 nitrogen and oxygen atoms in total. The first-order chi connectivity index (χ1) is 13.1. The zero-order valence-electron chi connectivity index (χ0n) is 15.2. The predicted octanol–water partition coefficient (Wildman–Crippen LogP) is 2.50. The summed E-state index contributed by atoms with van der Waals surface area (Å²) in [5.74, 6) is -0.443. The second-order valence-corrected chi connectivity index (χ2v) is 5.79. The highest BCUT2D eigenvalue weighted by Crippen LogP contribution is 2.28. The van der Waals surface area contributed by atoms with Crippen LogP contribution in [0.1, 0.15) is 22.3 Å². The monoisotopic (exact) mass is 368 g/mol. The Labute approximate surface area is 157 Å². The van der Waals surface area contributed by atoms with Crippen LogP contribution in [0.15, 0.2) is 53.6 Å². The Balaban J connectivity index is 1.65. The maximum atomic E-state index is 12.4. The normalized spacial score (nSPS) is 13.1. The van der Waals surface area contributed by atoms with Gasteiger partial charge < -0.3 is 14.2 Å². The summed E-state index contributed by atoms with van der Waals surface area (Å²) in [6, 6.07) is 14.6. The first-order valence-electron chi connectivity index (χ1n) is 8.45. The molecule has 0 bridgehead atoms. The van der Waals surface area contributed by atoms with Crippen molar-refractivity contribution in [3.05, 3.63) is 59.7 Å². The van der Waals surface area contributed by atoms with Crippen molar-refractivity contribution in [1.82, 2.24) is 5.01 Å². The highest BCUT2D eigenvalue weighted by molar-refractivity contribution is 6.03. The van der Waals surface area contributed by atoms with E-state index in [1.54, 1.807) is 18.2 Å². The molecule has 0 fully saturated rings. The van der Waals surface area contributed by atoms with Gasteiger partial charge in [0.25, 0.3) is 5.91 Å². The third-order valence-electron chi connectivity index (χ3n) is 4.16. The molecule has 0 N–H and O–H groups in total. The lowest BCUT2D eigenvalue weighted by Crippen LogP contribution is -2.29. The molecule has 2 aromatic carbocycles. The highest BCUT2D eigenvalue weighted by Gasteiger charge is 2.25. The molecule has 0 radical (unpaired) electrons. The number of carbonyl (C=O) groups excluding carboxylic acids is 2. The van der Waals surface area contributed by atoms with E-state index in [-0.39, 0.29) is 11.5 Å². The largest absolute Gasteiger partial charge is 0.496 e. The summed E-state index contributed by atoms with van der Waals surface area (Å²) in [5.41, 5.74) is 1.95. The molecule has 1 heterocycles. The van der Waals surface area contributed by atoms with Crippen LogP contribution in [0.5, 0.6) is 11.5 Å². The molecule has 0 aromatic heterocycles. The van der Waals surface area contributed by atoms with Crippen molar-refractivity contribution < 1.29 is 23.8 Å². The van der Waals surface area contributed by atoms with Gasteiger partial charge in [-0.1, -0.05) is 36.4 Å². The van der Waals surface area contributed by atoms with E-state index >= 15 is 0 Å². The van der Waals surface area contributed by atoms with Crippen LogP contribution < -0.4 is 9.47 Å². The van der Waals surface area contributed by atoms with Gasteiger partial charge in [0.15, 0.2) is 6.61 Å². The summed E-state index contributed by atoms with van der Waals surface area (Å²) in [6.45, 7) is 0.0458. The molecule has 140 valence electrons. The molecule has 1 amide bonds. The summed E-state index contributed by atoms with van der Waals surface area (Å²) < 4.78 is 15.5. The number of carbonyl (C=O) groups is 2. The molecular formula is C20H20N2O5. The molecule has 0 unspecified atom stereocenters. The van der Waals surface area contributed by atoms with Gasteiger partial charge in [-0.2, -0.15) is 5.10 Å². The zero-order chi connectivity index (χ0) is 19.2. The quantitative estimate of drug-likeness (QED) is 0.732. The minimum atomic E-state index is -0.691. The number of hydrogen-bond acceptors (Lipinski definition) is 6. The number of benzene rings is 2. The van der Waals surface area contributed by atoms with Gasteiger partial charge in [-0.05, 0) is 17.7 Å². The van der Waals surface area contributed by atoms with Crippen molar-refractivity contribution in [2.75, 3.05) is 27.4 Å². The van der Waals surface area contributed by atoms with E-state index in [0.717, 1.165) is 11.3 Å². The SMILES string of the molecule is COc1cccc(OC)c1C(=O)OCC(=O)N1CCC(c2ccccc2)=N1. The average Bonchev–Trinajstić information content (AvgIpc) is 3.22. The smallest absolute Gasteiger partial charge is 0.346 e. The summed E-state index contributed by atoms with van der Waals surface area (Å²) in [5, 5.41) is 5.66. The van der Waals surface area contributed by atoms with Gasteiger partial charge in [0.2, 0.25) is 0 Å². The molecule has 27 heavy (non-hydrogen) atoms. The van der Waals surface area contributed by atoms with E-state index in [2.05, 4.69) is 5.10 Å². The Hall–Kier alpha value is -3.35. The minimum absolute atomic E-state index is 0.144. The van der Waals surface area contributed by atoms with Gasteiger partial charge in [-0.3, -0.25) is 4.79 Å². The summed E-state index contributed by atoms with van der Waals surface area (Å²) in [6.07, 6.45) is 0.657. The van der Waals surface area contributed by atoms with E-state index in [9.17, 15) is 9.59 Å². The Morgan fingerprint density at radius 3 is 2.30 bits per heavy atom. The van der Waals surface area contributed by atoms with Crippen LogP contribution in [0.25, 0.3) is 0 Å². The molecule has 0 saturated heterocycles. The lowest BCUT2D eigenvalue weighted by molar-refractivity contribution is -0.134. The Bertz CT molecular complexity index is 842. The van der Waals surface area contributed by atoms with Crippen LogP contribution in [0.4, 0.5) is 0 Å². The van der Waals surface area contributed by atoms with Crippen molar-refractivity contribution in [1.29, 1.82) is 0 Å². The third kappa shape index (κ3) is 4.08. The molecule has 7 heteroatoms. The van der Waals surface area contributed by atoms with Gasteiger partial charge in [-0.15, -0.1) is 0 Å². The fourth-order valence-electron chi connectivity index (χ4n) is 2.80. The number of nitrogens with zero attached hydrogens (tertiary/aromatic N) is 2. The summed E-state index contributed by atoms with van der Waals surface area (Å²) >= 11 is 0. The van der Waals surface area contributed by atoms with Gasteiger partial charge in [0.1, 0.15) is 17.1 Å². The van der Waals surface area contributed by atoms with Crippen molar-refractivity contribution in [3.8, 4) is 11.5 Å². The zero-order valence-corrected chi connectivity index (χ0v) is 15.2. The number of rotatable bonds is 6. The topological polar surface area (TPSA) is 77.4 Å². The second kappa shape index (κ2) is 8.35. The Morgan fingerprint density at radius 1 is 1.00 bits per heavy atom. The number of amides is 1. The molecule has 1 aliphatic heterocycles. The highest BCUT2D eigenvalue weighted by atomic mass is 16.5. The van der Waals surface area contributed by atoms with Crippen molar-refractivity contribution in [3.63, 3.8) is 0 Å². The van der Waals surface area contributed by atoms with E-state index in [1.165, 1.54) is 19.2 Å². The Kier molecular flexibility index (Phi) is 5.71. The lowest BCUT2D eigenvalue weighted by Gasteiger charge is -2.14. The van der Waals surface area contributed by atoms with Gasteiger partial charge in [0.05, 0.1) is 26.5 Å². The molecule has 0 atom stereocenters. The maximum Gasteiger partial charge on any atom is 0.346 e. The fourth-order valence-corrected chi connectivity index (χ4v) is 2.80. The molecule has 0 saturated carbocycles. The number of ether oxygens (including phenoxy) is 3. The first kappa shape index (κ1) is 18.4.